The molecule has 2 aliphatic heterocycles. The van der Waals surface area contributed by atoms with Crippen LogP contribution in [-0.2, 0) is 27.4 Å². The van der Waals surface area contributed by atoms with Gasteiger partial charge in [-0.25, -0.2) is 9.37 Å². The number of nitrogens with zero attached hydrogens (tertiary/aromatic N) is 2. The number of pyridine rings is 1. The highest BCUT2D eigenvalue weighted by Gasteiger charge is 2.48. The lowest BCUT2D eigenvalue weighted by atomic mass is 10.0. The van der Waals surface area contributed by atoms with Gasteiger partial charge in [0.1, 0.15) is 23.5 Å². The molecule has 3 aliphatic rings. The summed E-state index contributed by atoms with van der Waals surface area (Å²) in [6.07, 6.45) is 0.409. The molecule has 7 rings (SSSR count). The molecule has 0 N–H and O–H groups in total. The topological polar surface area (TPSA) is 43.8 Å². The monoisotopic (exact) mass is 592 g/mol. The molecule has 4 heterocycles. The Hall–Kier alpha value is -2.55. The van der Waals surface area contributed by atoms with Gasteiger partial charge in [0.15, 0.2) is 6.17 Å². The lowest BCUT2D eigenvalue weighted by Gasteiger charge is -2.21. The molecule has 0 bridgehead atoms. The fourth-order valence-electron chi connectivity index (χ4n) is 6.78. The van der Waals surface area contributed by atoms with Crippen LogP contribution < -0.4 is 4.90 Å². The van der Waals surface area contributed by atoms with Gasteiger partial charge >= 0.3 is 0 Å². The molecular weight excluding hydrogens is 559 g/mol. The zero-order valence-electron chi connectivity index (χ0n) is 22.8. The Balaban J connectivity index is 1.14. The van der Waals surface area contributed by atoms with Crippen molar-refractivity contribution >= 4 is 38.8 Å². The molecule has 41 heavy (non-hydrogen) atoms. The van der Waals surface area contributed by atoms with Crippen molar-refractivity contribution in [1.82, 2.24) is 4.98 Å². The summed E-state index contributed by atoms with van der Waals surface area (Å²) < 4.78 is 36.0. The molecule has 2 aromatic heterocycles. The minimum absolute atomic E-state index is 0.226. The number of fused-ring (bicyclic) bond motifs is 2. The van der Waals surface area contributed by atoms with Gasteiger partial charge in [-0.3, -0.25) is 0 Å². The average molecular weight is 593 g/mol. The smallest absolute Gasteiger partial charge is 0.159 e. The third kappa shape index (κ3) is 5.63. The van der Waals surface area contributed by atoms with E-state index < -0.39 is 24.5 Å². The zero-order chi connectivity index (χ0) is 27.8. The van der Waals surface area contributed by atoms with Crippen molar-refractivity contribution in [2.45, 2.75) is 57.0 Å². The van der Waals surface area contributed by atoms with Crippen molar-refractivity contribution in [2.75, 3.05) is 24.6 Å². The molecule has 0 radical (unpaired) electrons. The summed E-state index contributed by atoms with van der Waals surface area (Å²) in [6.45, 7) is 3.05. The molecular formula is C33H34ClFN2O3S. The summed E-state index contributed by atoms with van der Waals surface area (Å²) in [5, 5.41) is 2.42. The second-order valence-corrected chi connectivity index (χ2v) is 12.8. The maximum Gasteiger partial charge on any atom is 0.159 e. The van der Waals surface area contributed by atoms with E-state index in [1.807, 2.05) is 72.1 Å². The lowest BCUT2D eigenvalue weighted by Crippen LogP contribution is -2.34. The van der Waals surface area contributed by atoms with Crippen LogP contribution in [0.25, 0.3) is 10.2 Å². The van der Waals surface area contributed by atoms with Crippen molar-refractivity contribution in [2.24, 2.45) is 11.8 Å². The van der Waals surface area contributed by atoms with E-state index in [2.05, 4.69) is 4.90 Å². The number of hydrogen-bond acceptors (Lipinski definition) is 6. The fourth-order valence-corrected chi connectivity index (χ4v) is 8.04. The predicted octanol–water partition coefficient (Wildman–Crippen LogP) is 7.77. The number of benzene rings is 2. The Morgan fingerprint density at radius 3 is 2.37 bits per heavy atom. The molecule has 1 aliphatic carbocycles. The Morgan fingerprint density at radius 2 is 1.66 bits per heavy atom. The van der Waals surface area contributed by atoms with Crippen LogP contribution in [0.3, 0.4) is 0 Å². The van der Waals surface area contributed by atoms with Crippen LogP contribution in [0, 0.1) is 11.8 Å². The van der Waals surface area contributed by atoms with E-state index in [1.54, 1.807) is 11.3 Å². The maximum atomic E-state index is 16.3. The molecule has 214 valence electrons. The normalized spacial score (nSPS) is 27.6. The van der Waals surface area contributed by atoms with Gasteiger partial charge in [0, 0.05) is 24.7 Å². The first-order chi connectivity index (χ1) is 20.1. The molecule has 2 unspecified atom stereocenters. The van der Waals surface area contributed by atoms with Crippen LogP contribution in [0.5, 0.6) is 0 Å². The number of thiophene rings is 1. The van der Waals surface area contributed by atoms with E-state index >= 15 is 4.39 Å². The van der Waals surface area contributed by atoms with Gasteiger partial charge in [-0.15, -0.1) is 11.3 Å². The first kappa shape index (κ1) is 27.3. The van der Waals surface area contributed by atoms with Gasteiger partial charge in [-0.05, 0) is 41.2 Å². The van der Waals surface area contributed by atoms with Crippen molar-refractivity contribution in [3.05, 3.63) is 94.0 Å². The molecule has 0 amide bonds. The second kappa shape index (κ2) is 12.0. The van der Waals surface area contributed by atoms with Crippen molar-refractivity contribution in [3.8, 4) is 0 Å². The van der Waals surface area contributed by atoms with Gasteiger partial charge in [-0.1, -0.05) is 78.7 Å². The van der Waals surface area contributed by atoms with Crippen molar-refractivity contribution in [1.29, 1.82) is 0 Å². The number of halogens is 2. The maximum absolute atomic E-state index is 16.3. The van der Waals surface area contributed by atoms with Crippen LogP contribution in [0.4, 0.5) is 10.1 Å². The molecule has 3 fully saturated rings. The van der Waals surface area contributed by atoms with Gasteiger partial charge in [0.2, 0.25) is 0 Å². The Bertz CT molecular complexity index is 1460. The SMILES string of the molecule is F[C@H]1[C@H](OCc2ccccc2)[C@@H](COCc2ccccc2)O[C@H]1c1csc2c(N3CC4CCCC4C3)cc(Cl)nc12. The molecule has 2 aromatic carbocycles. The standard InChI is InChI=1S/C33H34ClFN2O3S/c34-28-14-26(37-15-23-12-7-13-24(23)16-37)33-30(36-28)25(20-41-33)31-29(35)32(39-18-22-10-5-2-6-11-22)27(40-31)19-38-17-21-8-3-1-4-9-21/h1-6,8-11,14,20,23-24,27,29,31-32H,7,12-13,15-19H2/t23?,24?,27-,29-,31+,32-/m1/s1. The number of ether oxygens (including phenoxy) is 3. The number of anilines is 1. The van der Waals surface area contributed by atoms with Crippen LogP contribution in [0.1, 0.15) is 42.1 Å². The molecule has 4 aromatic rings. The molecule has 6 atom stereocenters. The second-order valence-electron chi connectivity index (χ2n) is 11.5. The summed E-state index contributed by atoms with van der Waals surface area (Å²) >= 11 is 8.18. The number of alkyl halides is 1. The number of hydrogen-bond donors (Lipinski definition) is 0. The molecule has 2 saturated heterocycles. The van der Waals surface area contributed by atoms with Gasteiger partial charge in [-0.2, -0.15) is 0 Å². The van der Waals surface area contributed by atoms with Crippen molar-refractivity contribution in [3.63, 3.8) is 0 Å². The summed E-state index contributed by atoms with van der Waals surface area (Å²) in [5.74, 6) is 1.51. The molecule has 1 saturated carbocycles. The Morgan fingerprint density at radius 1 is 0.976 bits per heavy atom. The van der Waals surface area contributed by atoms with E-state index in [9.17, 15) is 0 Å². The third-order valence-electron chi connectivity index (χ3n) is 8.84. The highest BCUT2D eigenvalue weighted by molar-refractivity contribution is 7.18. The Kier molecular flexibility index (Phi) is 7.97. The van der Waals surface area contributed by atoms with E-state index in [0.717, 1.165) is 57.5 Å². The van der Waals surface area contributed by atoms with Crippen LogP contribution in [0.15, 0.2) is 72.1 Å². The van der Waals surface area contributed by atoms with Crippen LogP contribution >= 0.6 is 22.9 Å². The highest BCUT2D eigenvalue weighted by Crippen LogP contribution is 2.47. The molecule has 0 spiro atoms. The fraction of sp³-hybridized carbons (Fsp3) is 0.424. The lowest BCUT2D eigenvalue weighted by molar-refractivity contribution is -0.0736. The van der Waals surface area contributed by atoms with E-state index in [0.29, 0.717) is 18.4 Å². The minimum atomic E-state index is -1.38. The third-order valence-corrected chi connectivity index (χ3v) is 10.0. The van der Waals surface area contributed by atoms with E-state index in [1.165, 1.54) is 19.3 Å². The van der Waals surface area contributed by atoms with Crippen LogP contribution in [0.2, 0.25) is 5.15 Å². The Labute approximate surface area is 249 Å². The number of rotatable bonds is 9. The first-order valence-electron chi connectivity index (χ1n) is 14.5. The summed E-state index contributed by atoms with van der Waals surface area (Å²) in [4.78, 5) is 7.15. The summed E-state index contributed by atoms with van der Waals surface area (Å²) in [5.41, 5.74) is 4.62. The average Bonchev–Trinajstić information content (AvgIpc) is 3.76. The van der Waals surface area contributed by atoms with Gasteiger partial charge in [0.05, 0.1) is 35.7 Å². The van der Waals surface area contributed by atoms with Crippen molar-refractivity contribution < 1.29 is 18.6 Å². The quantitative estimate of drug-likeness (QED) is 0.186. The zero-order valence-corrected chi connectivity index (χ0v) is 24.4. The summed E-state index contributed by atoms with van der Waals surface area (Å²) in [7, 11) is 0. The highest BCUT2D eigenvalue weighted by atomic mass is 35.5. The first-order valence-corrected chi connectivity index (χ1v) is 15.8. The van der Waals surface area contributed by atoms with E-state index in [4.69, 9.17) is 30.8 Å². The number of aromatic nitrogens is 1. The van der Waals surface area contributed by atoms with E-state index in [-0.39, 0.29) is 6.61 Å². The minimum Gasteiger partial charge on any atom is -0.374 e. The molecule has 5 nitrogen and oxygen atoms in total. The van der Waals surface area contributed by atoms with Crippen LogP contribution in [-0.4, -0.2) is 43.1 Å². The largest absolute Gasteiger partial charge is 0.374 e. The van der Waals surface area contributed by atoms with Gasteiger partial charge in [0.25, 0.3) is 0 Å². The summed E-state index contributed by atoms with van der Waals surface area (Å²) in [6, 6.07) is 21.8. The predicted molar refractivity (Wildman–Crippen MR) is 161 cm³/mol. The van der Waals surface area contributed by atoms with Gasteiger partial charge < -0.3 is 19.1 Å². The molecule has 8 heteroatoms.